The zero-order valence-corrected chi connectivity index (χ0v) is 13.9. The van der Waals surface area contributed by atoms with Gasteiger partial charge in [-0.1, -0.05) is 0 Å². The predicted octanol–water partition coefficient (Wildman–Crippen LogP) is 2.15. The molecule has 3 atom stereocenters. The molecule has 0 fully saturated rings. The molecule has 0 aromatic heterocycles. The summed E-state index contributed by atoms with van der Waals surface area (Å²) in [7, 11) is 2.94. The molecule has 1 aromatic rings. The topological polar surface area (TPSA) is 80.6 Å². The standard InChI is InChI=1S/C16H17F2N3O4/c1-4-25-14(22)11-12(13(17)18)19-20-16(11)9-7-8(24-3)5-6-10(9)21(2)15(16)23/h5-7,11-13H,4H2,1-3H3. The van der Waals surface area contributed by atoms with Crippen LogP contribution < -0.4 is 9.64 Å². The van der Waals surface area contributed by atoms with E-state index in [1.165, 1.54) is 25.1 Å². The van der Waals surface area contributed by atoms with E-state index >= 15 is 0 Å². The summed E-state index contributed by atoms with van der Waals surface area (Å²) in [5.74, 6) is -2.63. The molecule has 0 N–H and O–H groups in total. The van der Waals surface area contributed by atoms with E-state index in [1.54, 1.807) is 19.1 Å². The number of fused-ring (bicyclic) bond motifs is 2. The molecule has 0 aliphatic carbocycles. The Labute approximate surface area is 142 Å². The minimum atomic E-state index is -2.95. The van der Waals surface area contributed by atoms with E-state index in [0.717, 1.165) is 0 Å². The maximum Gasteiger partial charge on any atom is 0.314 e. The number of carbonyl (C=O) groups excluding carboxylic acids is 2. The van der Waals surface area contributed by atoms with Crippen molar-refractivity contribution in [3.05, 3.63) is 23.8 Å². The summed E-state index contributed by atoms with van der Waals surface area (Å²) in [6.45, 7) is 1.56. The SMILES string of the molecule is CCOC(=O)C1C(C(F)F)N=NC12C(=O)N(C)c1ccc(OC)cc12. The van der Waals surface area contributed by atoms with E-state index in [9.17, 15) is 18.4 Å². The summed E-state index contributed by atoms with van der Waals surface area (Å²) in [4.78, 5) is 26.7. The molecule has 3 unspecified atom stereocenters. The molecule has 1 amide bonds. The molecule has 9 heteroatoms. The van der Waals surface area contributed by atoms with Crippen LogP contribution in [0.4, 0.5) is 14.5 Å². The fraction of sp³-hybridized carbons (Fsp3) is 0.500. The number of benzene rings is 1. The maximum atomic E-state index is 13.5. The van der Waals surface area contributed by atoms with Gasteiger partial charge in [0.1, 0.15) is 17.7 Å². The van der Waals surface area contributed by atoms with Crippen molar-refractivity contribution in [3.63, 3.8) is 0 Å². The third-order valence-electron chi connectivity index (χ3n) is 4.55. The fourth-order valence-electron chi connectivity index (χ4n) is 3.39. The number of rotatable bonds is 4. The van der Waals surface area contributed by atoms with Crippen molar-refractivity contribution in [2.24, 2.45) is 16.1 Å². The van der Waals surface area contributed by atoms with Gasteiger partial charge < -0.3 is 14.4 Å². The summed E-state index contributed by atoms with van der Waals surface area (Å²) in [6, 6.07) is 3.04. The Morgan fingerprint density at radius 1 is 1.44 bits per heavy atom. The third-order valence-corrected chi connectivity index (χ3v) is 4.55. The van der Waals surface area contributed by atoms with Crippen LogP contribution >= 0.6 is 0 Å². The van der Waals surface area contributed by atoms with Crippen LogP contribution in [0.3, 0.4) is 0 Å². The molecule has 0 bridgehead atoms. The average Bonchev–Trinajstić information content (AvgIpc) is 3.09. The Morgan fingerprint density at radius 3 is 2.76 bits per heavy atom. The number of esters is 1. The molecule has 134 valence electrons. The van der Waals surface area contributed by atoms with Gasteiger partial charge in [-0.25, -0.2) is 8.78 Å². The summed E-state index contributed by atoms with van der Waals surface area (Å²) >= 11 is 0. The molecule has 2 aliphatic rings. The van der Waals surface area contributed by atoms with Crippen molar-refractivity contribution in [3.8, 4) is 5.75 Å². The third kappa shape index (κ3) is 2.29. The molecule has 0 saturated heterocycles. The summed E-state index contributed by atoms with van der Waals surface area (Å²) in [5.41, 5.74) is -1.08. The fourth-order valence-corrected chi connectivity index (χ4v) is 3.39. The Balaban J connectivity index is 2.21. The molecule has 25 heavy (non-hydrogen) atoms. The van der Waals surface area contributed by atoms with Crippen LogP contribution in [0.5, 0.6) is 5.75 Å². The first-order chi connectivity index (χ1) is 11.9. The monoisotopic (exact) mass is 353 g/mol. The summed E-state index contributed by atoms with van der Waals surface area (Å²) in [5, 5.41) is 7.48. The first kappa shape index (κ1) is 17.2. The van der Waals surface area contributed by atoms with Gasteiger partial charge in [0.15, 0.2) is 0 Å². The second kappa shape index (κ2) is 6.05. The highest BCUT2D eigenvalue weighted by Gasteiger charge is 2.65. The van der Waals surface area contributed by atoms with Crippen LogP contribution in [-0.2, 0) is 19.9 Å². The van der Waals surface area contributed by atoms with E-state index in [1.807, 2.05) is 0 Å². The average molecular weight is 353 g/mol. The van der Waals surface area contributed by atoms with Crippen molar-refractivity contribution >= 4 is 17.6 Å². The van der Waals surface area contributed by atoms with E-state index in [4.69, 9.17) is 9.47 Å². The quantitative estimate of drug-likeness (QED) is 0.777. The van der Waals surface area contributed by atoms with Crippen molar-refractivity contribution in [1.29, 1.82) is 0 Å². The molecule has 0 radical (unpaired) electrons. The zero-order chi connectivity index (χ0) is 18.4. The highest BCUT2D eigenvalue weighted by atomic mass is 19.3. The molecule has 1 aromatic carbocycles. The number of likely N-dealkylation sites (N-methyl/N-ethyl adjacent to an activating group) is 1. The molecular formula is C16H17F2N3O4. The molecule has 3 rings (SSSR count). The number of alkyl halides is 2. The molecule has 1 spiro atoms. The predicted molar refractivity (Wildman–Crippen MR) is 82.9 cm³/mol. The van der Waals surface area contributed by atoms with Gasteiger partial charge in [0.25, 0.3) is 12.3 Å². The van der Waals surface area contributed by atoms with E-state index in [0.29, 0.717) is 17.0 Å². The maximum absolute atomic E-state index is 13.5. The lowest BCUT2D eigenvalue weighted by molar-refractivity contribution is -0.154. The van der Waals surface area contributed by atoms with Gasteiger partial charge in [-0.3, -0.25) is 9.59 Å². The molecule has 2 heterocycles. The largest absolute Gasteiger partial charge is 0.497 e. The van der Waals surface area contributed by atoms with Crippen molar-refractivity contribution in [2.45, 2.75) is 24.9 Å². The van der Waals surface area contributed by atoms with E-state index in [2.05, 4.69) is 10.2 Å². The van der Waals surface area contributed by atoms with Gasteiger partial charge in [0.2, 0.25) is 5.54 Å². The van der Waals surface area contributed by atoms with Crippen LogP contribution in [0.25, 0.3) is 0 Å². The minimum Gasteiger partial charge on any atom is -0.497 e. The van der Waals surface area contributed by atoms with Gasteiger partial charge in [-0.15, -0.1) is 0 Å². The number of halogens is 2. The number of methoxy groups -OCH3 is 1. The van der Waals surface area contributed by atoms with Crippen LogP contribution in [0.15, 0.2) is 28.4 Å². The lowest BCUT2D eigenvalue weighted by atomic mass is 9.76. The van der Waals surface area contributed by atoms with Gasteiger partial charge in [-0.2, -0.15) is 10.2 Å². The Hall–Kier alpha value is -2.58. The Bertz CT molecular complexity index is 755. The molecular weight excluding hydrogens is 336 g/mol. The van der Waals surface area contributed by atoms with Crippen LogP contribution in [-0.4, -0.2) is 45.1 Å². The second-order valence-corrected chi connectivity index (χ2v) is 5.78. The highest BCUT2D eigenvalue weighted by molar-refractivity contribution is 6.10. The molecule has 2 aliphatic heterocycles. The van der Waals surface area contributed by atoms with Crippen LogP contribution in [0, 0.1) is 5.92 Å². The van der Waals surface area contributed by atoms with Gasteiger partial charge in [0, 0.05) is 18.3 Å². The number of ether oxygens (including phenoxy) is 2. The molecule has 7 nitrogen and oxygen atoms in total. The first-order valence-electron chi connectivity index (χ1n) is 7.72. The van der Waals surface area contributed by atoms with Gasteiger partial charge >= 0.3 is 5.97 Å². The molecule has 0 saturated carbocycles. The van der Waals surface area contributed by atoms with Crippen molar-refractivity contribution in [2.75, 3.05) is 25.7 Å². The number of carbonyl (C=O) groups is 2. The number of azo groups is 1. The summed E-state index contributed by atoms with van der Waals surface area (Å²) in [6.07, 6.45) is -2.95. The number of anilines is 1. The van der Waals surface area contributed by atoms with E-state index in [-0.39, 0.29) is 6.61 Å². The number of nitrogens with zero attached hydrogens (tertiary/aromatic N) is 3. The van der Waals surface area contributed by atoms with Crippen LogP contribution in [0.1, 0.15) is 12.5 Å². The lowest BCUT2D eigenvalue weighted by Crippen LogP contribution is -2.49. The highest BCUT2D eigenvalue weighted by Crippen LogP contribution is 2.53. The zero-order valence-electron chi connectivity index (χ0n) is 13.9. The summed E-state index contributed by atoms with van der Waals surface area (Å²) < 4.78 is 37.0. The normalized spacial score (nSPS) is 27.3. The Kier molecular flexibility index (Phi) is 4.18. The van der Waals surface area contributed by atoms with Crippen LogP contribution in [0.2, 0.25) is 0 Å². The van der Waals surface area contributed by atoms with E-state index < -0.39 is 35.8 Å². The lowest BCUT2D eigenvalue weighted by Gasteiger charge is -2.27. The van der Waals surface area contributed by atoms with Gasteiger partial charge in [-0.05, 0) is 25.1 Å². The van der Waals surface area contributed by atoms with Gasteiger partial charge in [0.05, 0.1) is 13.7 Å². The first-order valence-corrected chi connectivity index (χ1v) is 7.72. The number of amides is 1. The number of hydrogen-bond donors (Lipinski definition) is 0. The van der Waals surface area contributed by atoms with Crippen molar-refractivity contribution in [1.82, 2.24) is 0 Å². The minimum absolute atomic E-state index is 0.00360. The Morgan fingerprint density at radius 2 is 2.16 bits per heavy atom. The smallest absolute Gasteiger partial charge is 0.314 e. The number of hydrogen-bond acceptors (Lipinski definition) is 6. The second-order valence-electron chi connectivity index (χ2n) is 5.78. The van der Waals surface area contributed by atoms with Crippen molar-refractivity contribution < 1.29 is 27.8 Å².